The second-order valence-corrected chi connectivity index (χ2v) is 6.38. The Labute approximate surface area is 165 Å². The summed E-state index contributed by atoms with van der Waals surface area (Å²) < 4.78 is 4.92. The normalized spacial score (nSPS) is 11.5. The third kappa shape index (κ3) is 6.89. The predicted octanol–water partition coefficient (Wildman–Crippen LogP) is 1.61. The molecule has 1 atom stereocenters. The minimum atomic E-state index is -0.906. The van der Waals surface area contributed by atoms with Crippen LogP contribution in [0.1, 0.15) is 11.3 Å². The summed E-state index contributed by atoms with van der Waals surface area (Å²) in [6.07, 6.45) is 2.54. The number of halogens is 2. The highest BCUT2D eigenvalue weighted by Crippen LogP contribution is 2.24. The Hall–Kier alpha value is -2.62. The van der Waals surface area contributed by atoms with E-state index in [1.165, 1.54) is 6.33 Å². The summed E-state index contributed by atoms with van der Waals surface area (Å²) in [5.74, 6) is -1.10. The highest BCUT2D eigenvalue weighted by Gasteiger charge is 2.14. The van der Waals surface area contributed by atoms with Crippen molar-refractivity contribution in [3.05, 3.63) is 52.0 Å². The van der Waals surface area contributed by atoms with Crippen LogP contribution in [0.15, 0.2) is 30.7 Å². The van der Waals surface area contributed by atoms with Gasteiger partial charge in [0.15, 0.2) is 0 Å². The summed E-state index contributed by atoms with van der Waals surface area (Å²) in [7, 11) is 0. The van der Waals surface area contributed by atoms with Crippen LogP contribution in [-0.2, 0) is 22.4 Å². The van der Waals surface area contributed by atoms with Gasteiger partial charge in [-0.3, -0.25) is 20.8 Å². The molecule has 0 aliphatic rings. The van der Waals surface area contributed by atoms with Gasteiger partial charge in [0.2, 0.25) is 11.9 Å². The number of ether oxygens (including phenoxy) is 1. The van der Waals surface area contributed by atoms with Crippen molar-refractivity contribution in [3.63, 3.8) is 0 Å². The third-order valence-electron chi connectivity index (χ3n) is 3.36. The number of aromatic amines is 1. The van der Waals surface area contributed by atoms with Gasteiger partial charge in [0, 0.05) is 34.4 Å². The number of aromatic nitrogens is 2. The number of H-pyrrole nitrogens is 1. The number of carbonyl (C=O) groups is 2. The number of carbonyl (C=O) groups excluding carboxylic acids is 2. The van der Waals surface area contributed by atoms with Crippen molar-refractivity contribution in [2.24, 2.45) is 5.73 Å². The van der Waals surface area contributed by atoms with Gasteiger partial charge in [0.25, 0.3) is 0 Å². The van der Waals surface area contributed by atoms with Crippen molar-refractivity contribution < 1.29 is 14.3 Å². The summed E-state index contributed by atoms with van der Waals surface area (Å²) in [4.78, 5) is 30.4. The molecule has 0 aliphatic carbocycles. The van der Waals surface area contributed by atoms with Gasteiger partial charge in [-0.15, -0.1) is 0 Å². The summed E-state index contributed by atoms with van der Waals surface area (Å²) >= 11 is 12.0. The van der Waals surface area contributed by atoms with Crippen molar-refractivity contribution in [2.75, 3.05) is 6.61 Å². The third-order valence-corrected chi connectivity index (χ3v) is 4.06. The summed E-state index contributed by atoms with van der Waals surface area (Å²) in [5, 5.41) is 12.6. The standard InChI is InChI=1S/C16H18Cl2N6O3/c17-12-2-1-3-13(18)11(12)5-14(25)23-15(20)24-16(26)27-7-9(19)4-10-6-21-8-22-10/h1-3,6,8-9H,4-5,7,19H2,(H,21,22)(H3,20,23,24,25,26)/t9-/m0/s1. The number of imidazole rings is 1. The number of benzene rings is 1. The van der Waals surface area contributed by atoms with Crippen molar-refractivity contribution in [1.82, 2.24) is 20.6 Å². The number of nitrogens with zero attached hydrogens (tertiary/aromatic N) is 1. The van der Waals surface area contributed by atoms with E-state index in [1.807, 2.05) is 0 Å². The zero-order valence-corrected chi connectivity index (χ0v) is 15.6. The molecule has 0 saturated carbocycles. The first-order chi connectivity index (χ1) is 12.8. The highest BCUT2D eigenvalue weighted by atomic mass is 35.5. The quantitative estimate of drug-likeness (QED) is 0.361. The number of rotatable bonds is 6. The van der Waals surface area contributed by atoms with E-state index in [9.17, 15) is 9.59 Å². The van der Waals surface area contributed by atoms with E-state index >= 15 is 0 Å². The molecule has 1 aromatic carbocycles. The lowest BCUT2D eigenvalue weighted by Crippen LogP contribution is -2.44. The first kappa shape index (κ1) is 20.7. The van der Waals surface area contributed by atoms with Gasteiger partial charge in [0.1, 0.15) is 6.61 Å². The van der Waals surface area contributed by atoms with Crippen molar-refractivity contribution in [2.45, 2.75) is 18.9 Å². The molecule has 0 unspecified atom stereocenters. The van der Waals surface area contributed by atoms with Crippen LogP contribution in [0.4, 0.5) is 4.79 Å². The molecule has 0 saturated heterocycles. The average Bonchev–Trinajstić information content (AvgIpc) is 3.09. The molecule has 0 radical (unpaired) electrons. The average molecular weight is 413 g/mol. The number of guanidine groups is 1. The van der Waals surface area contributed by atoms with Crippen LogP contribution >= 0.6 is 23.2 Å². The maximum Gasteiger partial charge on any atom is 0.414 e. The number of hydrogen-bond donors (Lipinski definition) is 5. The van der Waals surface area contributed by atoms with Crippen LogP contribution in [0, 0.1) is 5.41 Å². The fourth-order valence-electron chi connectivity index (χ4n) is 2.14. The molecular weight excluding hydrogens is 395 g/mol. The topological polar surface area (TPSA) is 146 Å². The molecule has 0 aliphatic heterocycles. The van der Waals surface area contributed by atoms with Crippen LogP contribution in [0.5, 0.6) is 0 Å². The van der Waals surface area contributed by atoms with Gasteiger partial charge in [-0.2, -0.15) is 0 Å². The Morgan fingerprint density at radius 2 is 2.00 bits per heavy atom. The molecule has 2 aromatic rings. The minimum Gasteiger partial charge on any atom is -0.448 e. The van der Waals surface area contributed by atoms with Crippen LogP contribution in [0.25, 0.3) is 0 Å². The molecular formula is C16H18Cl2N6O3. The van der Waals surface area contributed by atoms with Gasteiger partial charge in [-0.05, 0) is 17.7 Å². The van der Waals surface area contributed by atoms with E-state index in [0.717, 1.165) is 5.69 Å². The Morgan fingerprint density at radius 3 is 2.63 bits per heavy atom. The van der Waals surface area contributed by atoms with Crippen LogP contribution < -0.4 is 16.4 Å². The van der Waals surface area contributed by atoms with E-state index in [-0.39, 0.29) is 13.0 Å². The molecule has 11 heteroatoms. The second-order valence-electron chi connectivity index (χ2n) is 5.56. The van der Waals surface area contributed by atoms with Gasteiger partial charge >= 0.3 is 6.09 Å². The second kappa shape index (κ2) is 9.91. The van der Waals surface area contributed by atoms with E-state index in [4.69, 9.17) is 39.1 Å². The summed E-state index contributed by atoms with van der Waals surface area (Å²) in [6, 6.07) is 4.41. The Balaban J connectivity index is 1.72. The highest BCUT2D eigenvalue weighted by molar-refractivity contribution is 6.36. The van der Waals surface area contributed by atoms with Crippen LogP contribution in [0.3, 0.4) is 0 Å². The molecule has 1 aromatic heterocycles. The molecule has 2 amide bonds. The van der Waals surface area contributed by atoms with Crippen molar-refractivity contribution in [3.8, 4) is 0 Å². The van der Waals surface area contributed by atoms with Crippen molar-refractivity contribution in [1.29, 1.82) is 5.41 Å². The smallest absolute Gasteiger partial charge is 0.414 e. The van der Waals surface area contributed by atoms with Gasteiger partial charge < -0.3 is 15.5 Å². The molecule has 9 nitrogen and oxygen atoms in total. The maximum atomic E-state index is 12.0. The minimum absolute atomic E-state index is 0.0681. The SMILES string of the molecule is N=C(NC(=O)Cc1c(Cl)cccc1Cl)NC(=O)OC[C@@H](N)Cc1cnc[nH]1. The molecule has 6 N–H and O–H groups in total. The molecule has 0 bridgehead atoms. The lowest BCUT2D eigenvalue weighted by Gasteiger charge is -2.13. The number of nitrogens with one attached hydrogen (secondary N) is 4. The summed E-state index contributed by atoms with van der Waals surface area (Å²) in [5.41, 5.74) is 7.08. The molecule has 0 spiro atoms. The zero-order valence-electron chi connectivity index (χ0n) is 14.1. The number of hydrogen-bond acceptors (Lipinski definition) is 6. The molecule has 0 fully saturated rings. The lowest BCUT2D eigenvalue weighted by molar-refractivity contribution is -0.119. The fraction of sp³-hybridized carbons (Fsp3) is 0.250. The monoisotopic (exact) mass is 412 g/mol. The molecule has 1 heterocycles. The Kier molecular flexibility index (Phi) is 7.59. The number of amides is 2. The Bertz CT molecular complexity index is 792. The van der Waals surface area contributed by atoms with E-state index in [1.54, 1.807) is 24.4 Å². The first-order valence-electron chi connectivity index (χ1n) is 7.83. The maximum absolute atomic E-state index is 12.0. The van der Waals surface area contributed by atoms with E-state index in [2.05, 4.69) is 20.6 Å². The van der Waals surface area contributed by atoms with Gasteiger partial charge in [0.05, 0.1) is 12.7 Å². The van der Waals surface area contributed by atoms with Crippen LogP contribution in [0.2, 0.25) is 10.0 Å². The Morgan fingerprint density at radius 1 is 1.30 bits per heavy atom. The summed E-state index contributed by atoms with van der Waals surface area (Å²) in [6.45, 7) is -0.0681. The number of nitrogens with two attached hydrogens (primary N) is 1. The fourth-order valence-corrected chi connectivity index (χ4v) is 2.67. The van der Waals surface area contributed by atoms with Crippen LogP contribution in [-0.4, -0.2) is 40.6 Å². The first-order valence-corrected chi connectivity index (χ1v) is 8.58. The zero-order chi connectivity index (χ0) is 19.8. The predicted molar refractivity (Wildman–Crippen MR) is 101 cm³/mol. The van der Waals surface area contributed by atoms with E-state index in [0.29, 0.717) is 22.0 Å². The van der Waals surface area contributed by atoms with Gasteiger partial charge in [-0.25, -0.2) is 9.78 Å². The lowest BCUT2D eigenvalue weighted by atomic mass is 10.1. The molecule has 27 heavy (non-hydrogen) atoms. The van der Waals surface area contributed by atoms with Crippen molar-refractivity contribution >= 4 is 41.2 Å². The van der Waals surface area contributed by atoms with E-state index < -0.39 is 24.0 Å². The molecule has 2 rings (SSSR count). The largest absolute Gasteiger partial charge is 0.448 e. The molecule has 144 valence electrons. The van der Waals surface area contributed by atoms with Gasteiger partial charge in [-0.1, -0.05) is 29.3 Å². The number of alkyl carbamates (subject to hydrolysis) is 1.